The maximum absolute atomic E-state index is 11.0. The van der Waals surface area contributed by atoms with E-state index in [1.54, 1.807) is 0 Å². The van der Waals surface area contributed by atoms with Gasteiger partial charge in [-0.3, -0.25) is 4.79 Å². The van der Waals surface area contributed by atoms with Crippen molar-refractivity contribution in [3.63, 3.8) is 0 Å². The van der Waals surface area contributed by atoms with Crippen LogP contribution in [-0.2, 0) is 9.53 Å². The van der Waals surface area contributed by atoms with Gasteiger partial charge >= 0.3 is 0 Å². The average molecular weight is 186 g/mol. The largest absolute Gasteiger partial charge is 0.367 e. The lowest BCUT2D eigenvalue weighted by Crippen LogP contribution is -2.38. The first-order valence-electron chi connectivity index (χ1n) is 4.92. The molecular formula is C9H18N2O2. The molecule has 0 aromatic carbocycles. The number of piperidine rings is 1. The second-order valence-corrected chi connectivity index (χ2v) is 3.23. The summed E-state index contributed by atoms with van der Waals surface area (Å²) >= 11 is 0. The monoisotopic (exact) mass is 186 g/mol. The number of ether oxygens (including phenoxy) is 1. The van der Waals surface area contributed by atoms with Gasteiger partial charge in [0.2, 0.25) is 5.91 Å². The van der Waals surface area contributed by atoms with E-state index in [-0.39, 0.29) is 18.6 Å². The summed E-state index contributed by atoms with van der Waals surface area (Å²) in [5.41, 5.74) is 0. The Balaban J connectivity index is 2.06. The van der Waals surface area contributed by atoms with Crippen molar-refractivity contribution in [1.82, 2.24) is 10.6 Å². The van der Waals surface area contributed by atoms with Crippen molar-refractivity contribution >= 4 is 5.91 Å². The number of hydrogen-bond acceptors (Lipinski definition) is 3. The smallest absolute Gasteiger partial charge is 0.246 e. The normalized spacial score (nSPS) is 22.7. The van der Waals surface area contributed by atoms with E-state index in [0.717, 1.165) is 25.9 Å². The molecule has 0 aromatic heterocycles. The molecule has 1 fully saturated rings. The quantitative estimate of drug-likeness (QED) is 0.644. The highest BCUT2D eigenvalue weighted by molar-refractivity contribution is 5.77. The summed E-state index contributed by atoms with van der Waals surface area (Å²) < 4.78 is 5.42. The Morgan fingerprint density at radius 2 is 2.54 bits per heavy atom. The molecule has 1 aliphatic rings. The van der Waals surface area contributed by atoms with Gasteiger partial charge in [-0.15, -0.1) is 0 Å². The van der Waals surface area contributed by atoms with Crippen LogP contribution in [0.15, 0.2) is 0 Å². The Hall–Kier alpha value is -0.610. The molecule has 1 heterocycles. The molecule has 1 atom stereocenters. The highest BCUT2D eigenvalue weighted by Crippen LogP contribution is 2.04. The summed E-state index contributed by atoms with van der Waals surface area (Å²) in [4.78, 5) is 11.0. The molecule has 4 heteroatoms. The second kappa shape index (κ2) is 5.94. The van der Waals surface area contributed by atoms with Gasteiger partial charge in [-0.2, -0.15) is 0 Å². The third kappa shape index (κ3) is 4.24. The van der Waals surface area contributed by atoms with E-state index in [2.05, 4.69) is 10.6 Å². The zero-order valence-electron chi connectivity index (χ0n) is 8.14. The Morgan fingerprint density at radius 3 is 3.15 bits per heavy atom. The molecule has 1 aliphatic heterocycles. The molecule has 0 unspecified atom stereocenters. The number of amides is 1. The lowest BCUT2D eigenvalue weighted by atomic mass is 10.1. The van der Waals surface area contributed by atoms with Crippen LogP contribution >= 0.6 is 0 Å². The fraction of sp³-hybridized carbons (Fsp3) is 0.889. The van der Waals surface area contributed by atoms with Crippen molar-refractivity contribution in [3.8, 4) is 0 Å². The fourth-order valence-electron chi connectivity index (χ4n) is 1.40. The van der Waals surface area contributed by atoms with Gasteiger partial charge in [-0.1, -0.05) is 0 Å². The summed E-state index contributed by atoms with van der Waals surface area (Å²) in [5, 5.41) is 5.93. The summed E-state index contributed by atoms with van der Waals surface area (Å²) in [6.45, 7) is 4.71. The standard InChI is InChI=1S/C9H18N2O2/c1-2-11-9(12)7-13-8-4-3-5-10-6-8/h8,10H,2-7H2,1H3,(H,11,12)/t8-/m1/s1. The van der Waals surface area contributed by atoms with E-state index >= 15 is 0 Å². The third-order valence-corrected chi connectivity index (χ3v) is 2.08. The first-order valence-corrected chi connectivity index (χ1v) is 4.92. The number of nitrogens with one attached hydrogen (secondary N) is 2. The van der Waals surface area contributed by atoms with Gasteiger partial charge in [0.25, 0.3) is 0 Å². The number of carbonyl (C=O) groups excluding carboxylic acids is 1. The van der Waals surface area contributed by atoms with Crippen molar-refractivity contribution in [2.45, 2.75) is 25.9 Å². The minimum Gasteiger partial charge on any atom is -0.367 e. The van der Waals surface area contributed by atoms with E-state index < -0.39 is 0 Å². The number of likely N-dealkylation sites (N-methyl/N-ethyl adjacent to an activating group) is 1. The molecule has 13 heavy (non-hydrogen) atoms. The molecule has 4 nitrogen and oxygen atoms in total. The van der Waals surface area contributed by atoms with Gasteiger partial charge in [-0.25, -0.2) is 0 Å². The van der Waals surface area contributed by atoms with Crippen molar-refractivity contribution in [2.75, 3.05) is 26.2 Å². The van der Waals surface area contributed by atoms with Crippen LogP contribution in [0.2, 0.25) is 0 Å². The lowest BCUT2D eigenvalue weighted by molar-refractivity contribution is -0.127. The predicted molar refractivity (Wildman–Crippen MR) is 50.5 cm³/mol. The number of hydrogen-bond donors (Lipinski definition) is 2. The predicted octanol–water partition coefficient (Wildman–Crippen LogP) is -0.109. The Kier molecular flexibility index (Phi) is 4.78. The summed E-state index contributed by atoms with van der Waals surface area (Å²) in [7, 11) is 0. The third-order valence-electron chi connectivity index (χ3n) is 2.08. The Bertz CT molecular complexity index is 156. The SMILES string of the molecule is CCNC(=O)CO[C@@H]1CCCNC1. The number of carbonyl (C=O) groups is 1. The van der Waals surface area contributed by atoms with Gasteiger partial charge in [0.05, 0.1) is 6.10 Å². The van der Waals surface area contributed by atoms with E-state index in [9.17, 15) is 4.79 Å². The van der Waals surface area contributed by atoms with E-state index in [4.69, 9.17) is 4.74 Å². The van der Waals surface area contributed by atoms with Gasteiger partial charge in [0.1, 0.15) is 6.61 Å². The molecule has 0 aliphatic carbocycles. The van der Waals surface area contributed by atoms with Crippen molar-refractivity contribution in [2.24, 2.45) is 0 Å². The average Bonchev–Trinajstić information content (AvgIpc) is 2.17. The second-order valence-electron chi connectivity index (χ2n) is 3.23. The van der Waals surface area contributed by atoms with Crippen LogP contribution in [0.25, 0.3) is 0 Å². The molecule has 0 bridgehead atoms. The molecule has 1 amide bonds. The summed E-state index contributed by atoms with van der Waals surface area (Å²) in [6.07, 6.45) is 2.42. The Morgan fingerprint density at radius 1 is 1.69 bits per heavy atom. The molecule has 0 spiro atoms. The molecular weight excluding hydrogens is 168 g/mol. The highest BCUT2D eigenvalue weighted by atomic mass is 16.5. The van der Waals surface area contributed by atoms with Crippen LogP contribution in [-0.4, -0.2) is 38.3 Å². The first kappa shape index (κ1) is 10.5. The van der Waals surface area contributed by atoms with Crippen LogP contribution in [0.1, 0.15) is 19.8 Å². The van der Waals surface area contributed by atoms with Gasteiger partial charge < -0.3 is 15.4 Å². The number of rotatable bonds is 4. The van der Waals surface area contributed by atoms with Gasteiger partial charge in [-0.05, 0) is 26.3 Å². The zero-order chi connectivity index (χ0) is 9.52. The van der Waals surface area contributed by atoms with Gasteiger partial charge in [0.15, 0.2) is 0 Å². The van der Waals surface area contributed by atoms with Crippen molar-refractivity contribution < 1.29 is 9.53 Å². The lowest BCUT2D eigenvalue weighted by Gasteiger charge is -2.22. The van der Waals surface area contributed by atoms with Crippen LogP contribution < -0.4 is 10.6 Å². The van der Waals surface area contributed by atoms with E-state index in [0.29, 0.717) is 6.54 Å². The molecule has 0 radical (unpaired) electrons. The zero-order valence-corrected chi connectivity index (χ0v) is 8.14. The highest BCUT2D eigenvalue weighted by Gasteiger charge is 2.14. The molecule has 1 rings (SSSR count). The topological polar surface area (TPSA) is 50.4 Å². The molecule has 0 aromatic rings. The maximum atomic E-state index is 11.0. The first-order chi connectivity index (χ1) is 6.33. The minimum absolute atomic E-state index is 0.0203. The van der Waals surface area contributed by atoms with Crippen molar-refractivity contribution in [3.05, 3.63) is 0 Å². The van der Waals surface area contributed by atoms with Crippen LogP contribution in [0, 0.1) is 0 Å². The van der Waals surface area contributed by atoms with Crippen LogP contribution in [0.3, 0.4) is 0 Å². The van der Waals surface area contributed by atoms with E-state index in [1.165, 1.54) is 0 Å². The van der Waals surface area contributed by atoms with E-state index in [1.807, 2.05) is 6.92 Å². The maximum Gasteiger partial charge on any atom is 0.246 e. The van der Waals surface area contributed by atoms with Crippen LogP contribution in [0.5, 0.6) is 0 Å². The fourth-order valence-corrected chi connectivity index (χ4v) is 1.40. The molecule has 2 N–H and O–H groups in total. The Labute approximate surface area is 79.0 Å². The minimum atomic E-state index is -0.0203. The van der Waals surface area contributed by atoms with Crippen LogP contribution in [0.4, 0.5) is 0 Å². The molecule has 76 valence electrons. The van der Waals surface area contributed by atoms with Gasteiger partial charge in [0, 0.05) is 13.1 Å². The van der Waals surface area contributed by atoms with Crippen molar-refractivity contribution in [1.29, 1.82) is 0 Å². The molecule has 0 saturated carbocycles. The molecule has 1 saturated heterocycles. The summed E-state index contributed by atoms with van der Waals surface area (Å²) in [6, 6.07) is 0. The summed E-state index contributed by atoms with van der Waals surface area (Å²) in [5.74, 6) is -0.0203.